The molecule has 1 heterocycles. The first-order valence-electron chi connectivity index (χ1n) is 9.85. The highest BCUT2D eigenvalue weighted by atomic mass is 28.3. The van der Waals surface area contributed by atoms with Crippen molar-refractivity contribution in [2.45, 2.75) is 79.3 Å². The zero-order valence-electron chi connectivity index (χ0n) is 18.7. The van der Waals surface area contributed by atoms with Gasteiger partial charge in [-0.05, 0) is 52.1 Å². The summed E-state index contributed by atoms with van der Waals surface area (Å²) < 4.78 is 31.2. The zero-order valence-corrected chi connectivity index (χ0v) is 19.9. The minimum Gasteiger partial charge on any atom is -0.461 e. The summed E-state index contributed by atoms with van der Waals surface area (Å²) in [6.07, 6.45) is 0.906. The van der Waals surface area contributed by atoms with Gasteiger partial charge in [0.25, 0.3) is 0 Å². The minimum atomic E-state index is -1.72. The molecular formula is C20H36FNO5Si. The Morgan fingerprint density at radius 2 is 1.79 bits per heavy atom. The SMILES string of the molecule is CCOC(=O)C(F)=C[C@@]1(O[SiH](C)C)C[C@H](C(C)(C)C)CN1C(=O)OC(C)(C)C. The van der Waals surface area contributed by atoms with Crippen LogP contribution in [0.15, 0.2) is 11.9 Å². The van der Waals surface area contributed by atoms with Gasteiger partial charge in [-0.1, -0.05) is 20.8 Å². The van der Waals surface area contributed by atoms with Gasteiger partial charge in [-0.2, -0.15) is 4.39 Å². The molecule has 28 heavy (non-hydrogen) atoms. The molecule has 2 atom stereocenters. The molecule has 1 aliphatic rings. The quantitative estimate of drug-likeness (QED) is 0.377. The van der Waals surface area contributed by atoms with Gasteiger partial charge in [0, 0.05) is 19.0 Å². The van der Waals surface area contributed by atoms with Crippen molar-refractivity contribution >= 4 is 21.1 Å². The van der Waals surface area contributed by atoms with Gasteiger partial charge in [-0.25, -0.2) is 9.59 Å². The Hall–Kier alpha value is -1.41. The maximum atomic E-state index is 14.7. The van der Waals surface area contributed by atoms with Crippen molar-refractivity contribution in [3.8, 4) is 0 Å². The number of likely N-dealkylation sites (tertiary alicyclic amines) is 1. The number of hydrogen-bond acceptors (Lipinski definition) is 5. The number of carbonyl (C=O) groups excluding carboxylic acids is 2. The standard InChI is InChI=1S/C20H36FNO5Si/c1-10-25-16(23)15(21)12-20(27-28(8)9)11-14(18(2,3)4)13-22(20)17(24)26-19(5,6)7/h12,14,28H,10-11,13H2,1-9H3/t14-,20-/m0/s1. The van der Waals surface area contributed by atoms with Gasteiger partial charge in [-0.15, -0.1) is 0 Å². The number of carbonyl (C=O) groups is 2. The predicted molar refractivity (Wildman–Crippen MR) is 109 cm³/mol. The normalized spacial score (nSPS) is 23.9. The van der Waals surface area contributed by atoms with Crippen LogP contribution in [0.5, 0.6) is 0 Å². The van der Waals surface area contributed by atoms with Crippen LogP contribution in [0.3, 0.4) is 0 Å². The largest absolute Gasteiger partial charge is 0.461 e. The summed E-state index contributed by atoms with van der Waals surface area (Å²) in [6.45, 7) is 17.4. The lowest BCUT2D eigenvalue weighted by Gasteiger charge is -2.38. The molecule has 0 saturated carbocycles. The van der Waals surface area contributed by atoms with Gasteiger partial charge in [-0.3, -0.25) is 4.90 Å². The molecule has 0 aromatic rings. The lowest BCUT2D eigenvalue weighted by molar-refractivity contribution is -0.140. The number of nitrogens with zero attached hydrogens (tertiary/aromatic N) is 1. The lowest BCUT2D eigenvalue weighted by Crippen LogP contribution is -2.51. The maximum Gasteiger partial charge on any atom is 0.412 e. The minimum absolute atomic E-state index is 0.0408. The summed E-state index contributed by atoms with van der Waals surface area (Å²) >= 11 is 0. The number of esters is 1. The van der Waals surface area contributed by atoms with Crippen LogP contribution in [0.25, 0.3) is 0 Å². The predicted octanol–water partition coefficient (Wildman–Crippen LogP) is 4.40. The molecule has 1 aliphatic heterocycles. The van der Waals surface area contributed by atoms with E-state index in [1.54, 1.807) is 27.7 Å². The van der Waals surface area contributed by atoms with Crippen molar-refractivity contribution in [1.29, 1.82) is 0 Å². The monoisotopic (exact) mass is 417 g/mol. The number of hydrogen-bond donors (Lipinski definition) is 0. The van der Waals surface area contributed by atoms with E-state index in [0.29, 0.717) is 13.0 Å². The average Bonchev–Trinajstić information content (AvgIpc) is 2.84. The highest BCUT2D eigenvalue weighted by Gasteiger charge is 2.52. The second-order valence-corrected chi connectivity index (χ2v) is 11.9. The van der Waals surface area contributed by atoms with E-state index >= 15 is 0 Å². The molecule has 0 aliphatic carbocycles. The van der Waals surface area contributed by atoms with E-state index in [9.17, 15) is 14.0 Å². The highest BCUT2D eigenvalue weighted by molar-refractivity contribution is 6.48. The molecule has 0 aromatic carbocycles. The molecule has 1 saturated heterocycles. The highest BCUT2D eigenvalue weighted by Crippen LogP contribution is 2.45. The molecule has 0 aromatic heterocycles. The van der Waals surface area contributed by atoms with Crippen molar-refractivity contribution in [3.63, 3.8) is 0 Å². The van der Waals surface area contributed by atoms with Crippen molar-refractivity contribution < 1.29 is 27.9 Å². The van der Waals surface area contributed by atoms with Crippen LogP contribution < -0.4 is 0 Å². The van der Waals surface area contributed by atoms with Crippen LogP contribution in [-0.4, -0.2) is 50.5 Å². The number of halogens is 1. The summed E-state index contributed by atoms with van der Waals surface area (Å²) in [5, 5.41) is 0. The first-order chi connectivity index (χ1) is 12.6. The van der Waals surface area contributed by atoms with Crippen molar-refractivity contribution in [1.82, 2.24) is 4.90 Å². The van der Waals surface area contributed by atoms with Crippen molar-refractivity contribution in [2.24, 2.45) is 11.3 Å². The molecule has 162 valence electrons. The van der Waals surface area contributed by atoms with Gasteiger partial charge in [0.05, 0.1) is 6.61 Å². The fourth-order valence-corrected chi connectivity index (χ4v) is 4.28. The Labute approximate surface area is 170 Å². The molecule has 0 unspecified atom stereocenters. The summed E-state index contributed by atoms with van der Waals surface area (Å²) in [6, 6.07) is 0. The molecule has 1 rings (SSSR count). The van der Waals surface area contributed by atoms with E-state index in [1.807, 2.05) is 13.1 Å². The molecule has 8 heteroatoms. The fraction of sp³-hybridized carbons (Fsp3) is 0.800. The third kappa shape index (κ3) is 6.58. The Balaban J connectivity index is 3.44. The summed E-state index contributed by atoms with van der Waals surface area (Å²) in [5.74, 6) is -2.07. The number of rotatable bonds is 5. The number of amides is 1. The topological polar surface area (TPSA) is 65.1 Å². The van der Waals surface area contributed by atoms with Gasteiger partial charge in [0.1, 0.15) is 5.60 Å². The lowest BCUT2D eigenvalue weighted by atomic mass is 9.79. The van der Waals surface area contributed by atoms with Crippen LogP contribution in [0.2, 0.25) is 13.1 Å². The van der Waals surface area contributed by atoms with Crippen LogP contribution in [0.4, 0.5) is 9.18 Å². The van der Waals surface area contributed by atoms with E-state index < -0.39 is 38.3 Å². The zero-order chi connectivity index (χ0) is 21.9. The van der Waals surface area contributed by atoms with E-state index in [2.05, 4.69) is 20.8 Å². The molecule has 0 spiro atoms. The molecule has 0 radical (unpaired) electrons. The van der Waals surface area contributed by atoms with E-state index in [0.717, 1.165) is 6.08 Å². The molecule has 0 N–H and O–H groups in total. The van der Waals surface area contributed by atoms with Crippen LogP contribution in [-0.2, 0) is 18.7 Å². The van der Waals surface area contributed by atoms with Gasteiger partial charge < -0.3 is 13.9 Å². The maximum absolute atomic E-state index is 14.7. The van der Waals surface area contributed by atoms with Gasteiger partial charge in [0.15, 0.2) is 14.8 Å². The molecule has 6 nitrogen and oxygen atoms in total. The Kier molecular flexibility index (Phi) is 7.87. The summed E-state index contributed by atoms with van der Waals surface area (Å²) in [7, 11) is -1.72. The Morgan fingerprint density at radius 1 is 1.21 bits per heavy atom. The second-order valence-electron chi connectivity index (χ2n) is 9.58. The fourth-order valence-electron chi connectivity index (χ4n) is 3.18. The molecule has 0 bridgehead atoms. The smallest absolute Gasteiger partial charge is 0.412 e. The van der Waals surface area contributed by atoms with Gasteiger partial charge in [0.2, 0.25) is 5.83 Å². The molecule has 1 fully saturated rings. The first kappa shape index (κ1) is 24.6. The van der Waals surface area contributed by atoms with Crippen LogP contribution >= 0.6 is 0 Å². The van der Waals surface area contributed by atoms with Crippen LogP contribution in [0.1, 0.15) is 54.9 Å². The average molecular weight is 418 g/mol. The first-order valence-corrected chi connectivity index (χ1v) is 12.6. The summed E-state index contributed by atoms with van der Waals surface area (Å²) in [5.41, 5.74) is -2.21. The van der Waals surface area contributed by atoms with Crippen molar-refractivity contribution in [3.05, 3.63) is 11.9 Å². The second kappa shape index (κ2) is 8.94. The van der Waals surface area contributed by atoms with Crippen LogP contribution in [0, 0.1) is 11.3 Å². The van der Waals surface area contributed by atoms with E-state index in [-0.39, 0.29) is 17.9 Å². The Morgan fingerprint density at radius 3 is 2.21 bits per heavy atom. The summed E-state index contributed by atoms with van der Waals surface area (Å²) in [4.78, 5) is 26.3. The Bertz CT molecular complexity index is 609. The van der Waals surface area contributed by atoms with E-state index in [1.165, 1.54) is 4.90 Å². The third-order valence-corrected chi connectivity index (χ3v) is 5.38. The van der Waals surface area contributed by atoms with E-state index in [4.69, 9.17) is 13.9 Å². The molecular weight excluding hydrogens is 381 g/mol. The molecule has 1 amide bonds. The number of ether oxygens (including phenoxy) is 2. The van der Waals surface area contributed by atoms with Crippen molar-refractivity contribution in [2.75, 3.05) is 13.2 Å². The third-order valence-electron chi connectivity index (χ3n) is 4.50. The van der Waals surface area contributed by atoms with Gasteiger partial charge >= 0.3 is 12.1 Å².